The SMILES string of the molecule is C/C=C\CCC1=COCc2ccccc2C1=C1CCN(CC2(C)CCCC2)CC1. The maximum Gasteiger partial charge on any atom is 0.113 e. The summed E-state index contributed by atoms with van der Waals surface area (Å²) >= 11 is 0. The van der Waals surface area contributed by atoms with Crippen molar-refractivity contribution in [3.05, 3.63) is 65.0 Å². The minimum absolute atomic E-state index is 0.560. The molecule has 2 heterocycles. The average molecular weight is 392 g/mol. The fourth-order valence-electron chi connectivity index (χ4n) is 5.52. The van der Waals surface area contributed by atoms with E-state index in [0.717, 1.165) is 12.8 Å². The smallest absolute Gasteiger partial charge is 0.113 e. The van der Waals surface area contributed by atoms with Crippen LogP contribution >= 0.6 is 0 Å². The van der Waals surface area contributed by atoms with Crippen molar-refractivity contribution in [1.82, 2.24) is 4.90 Å². The molecule has 0 bridgehead atoms. The van der Waals surface area contributed by atoms with E-state index in [1.54, 1.807) is 5.57 Å². The second kappa shape index (κ2) is 9.34. The van der Waals surface area contributed by atoms with Crippen LogP contribution < -0.4 is 0 Å². The summed E-state index contributed by atoms with van der Waals surface area (Å²) in [6.07, 6.45) is 16.7. The molecule has 0 unspecified atom stereocenters. The quantitative estimate of drug-likeness (QED) is 0.507. The van der Waals surface area contributed by atoms with Gasteiger partial charge >= 0.3 is 0 Å². The van der Waals surface area contributed by atoms with Crippen molar-refractivity contribution in [3.63, 3.8) is 0 Å². The number of piperidine rings is 1. The van der Waals surface area contributed by atoms with Gasteiger partial charge in [0.25, 0.3) is 0 Å². The van der Waals surface area contributed by atoms with Crippen LogP contribution in [0.5, 0.6) is 0 Å². The summed E-state index contributed by atoms with van der Waals surface area (Å²) in [5.41, 5.74) is 7.82. The summed E-state index contributed by atoms with van der Waals surface area (Å²) in [6.45, 7) is 9.01. The van der Waals surface area contributed by atoms with Gasteiger partial charge in [0.05, 0.1) is 6.26 Å². The normalized spacial score (nSPS) is 22.3. The third-order valence-corrected chi connectivity index (χ3v) is 7.12. The minimum atomic E-state index is 0.560. The molecule has 0 N–H and O–H groups in total. The number of fused-ring (bicyclic) bond motifs is 1. The topological polar surface area (TPSA) is 12.5 Å². The molecule has 29 heavy (non-hydrogen) atoms. The van der Waals surface area contributed by atoms with Gasteiger partial charge in [-0.25, -0.2) is 0 Å². The van der Waals surface area contributed by atoms with E-state index in [2.05, 4.69) is 61.4 Å². The van der Waals surface area contributed by atoms with Gasteiger partial charge < -0.3 is 9.64 Å². The Bertz CT molecular complexity index is 785. The number of benzene rings is 1. The minimum Gasteiger partial charge on any atom is -0.496 e. The lowest BCUT2D eigenvalue weighted by atomic mass is 9.84. The van der Waals surface area contributed by atoms with Gasteiger partial charge in [-0.2, -0.15) is 0 Å². The molecule has 2 heteroatoms. The molecule has 0 spiro atoms. The van der Waals surface area contributed by atoms with Crippen LogP contribution in [0.1, 0.15) is 76.3 Å². The molecule has 2 fully saturated rings. The summed E-state index contributed by atoms with van der Waals surface area (Å²) in [6, 6.07) is 8.86. The zero-order valence-electron chi connectivity index (χ0n) is 18.4. The van der Waals surface area contributed by atoms with E-state index in [1.165, 1.54) is 80.4 Å². The molecule has 1 aromatic carbocycles. The second-order valence-corrected chi connectivity index (χ2v) is 9.49. The highest BCUT2D eigenvalue weighted by atomic mass is 16.5. The molecule has 4 rings (SSSR count). The van der Waals surface area contributed by atoms with Gasteiger partial charge in [-0.15, -0.1) is 0 Å². The second-order valence-electron chi connectivity index (χ2n) is 9.49. The fraction of sp³-hybridized carbons (Fsp3) is 0.556. The van der Waals surface area contributed by atoms with Gasteiger partial charge in [-0.1, -0.05) is 61.8 Å². The van der Waals surface area contributed by atoms with Crippen LogP contribution in [0.3, 0.4) is 0 Å². The molecule has 1 saturated carbocycles. The van der Waals surface area contributed by atoms with E-state index >= 15 is 0 Å². The van der Waals surface area contributed by atoms with Gasteiger partial charge in [0, 0.05) is 19.6 Å². The van der Waals surface area contributed by atoms with E-state index in [-0.39, 0.29) is 0 Å². The lowest BCUT2D eigenvalue weighted by molar-refractivity contribution is 0.158. The van der Waals surface area contributed by atoms with Gasteiger partial charge in [-0.3, -0.25) is 0 Å². The summed E-state index contributed by atoms with van der Waals surface area (Å²) in [7, 11) is 0. The monoisotopic (exact) mass is 391 g/mol. The Morgan fingerprint density at radius 2 is 1.86 bits per heavy atom. The zero-order chi connectivity index (χ0) is 20.1. The van der Waals surface area contributed by atoms with E-state index in [0.29, 0.717) is 12.0 Å². The molecule has 0 atom stereocenters. The Kier molecular flexibility index (Phi) is 6.60. The van der Waals surface area contributed by atoms with Crippen molar-refractivity contribution >= 4 is 5.57 Å². The van der Waals surface area contributed by atoms with Crippen LogP contribution in [-0.4, -0.2) is 24.5 Å². The van der Waals surface area contributed by atoms with Gasteiger partial charge in [0.2, 0.25) is 0 Å². The molecule has 0 aromatic heterocycles. The number of hydrogen-bond donors (Lipinski definition) is 0. The van der Waals surface area contributed by atoms with Crippen LogP contribution in [0.15, 0.2) is 53.8 Å². The summed E-state index contributed by atoms with van der Waals surface area (Å²) in [5, 5.41) is 0. The van der Waals surface area contributed by atoms with Crippen LogP contribution in [0.25, 0.3) is 5.57 Å². The number of allylic oxidation sites excluding steroid dienone is 4. The maximum atomic E-state index is 5.98. The van der Waals surface area contributed by atoms with Gasteiger partial charge in [0.15, 0.2) is 0 Å². The number of rotatable bonds is 5. The first-order valence-electron chi connectivity index (χ1n) is 11.6. The predicted octanol–water partition coefficient (Wildman–Crippen LogP) is 6.89. The number of nitrogens with zero attached hydrogens (tertiary/aromatic N) is 1. The van der Waals surface area contributed by atoms with Gasteiger partial charge in [-0.05, 0) is 73.1 Å². The first kappa shape index (κ1) is 20.5. The predicted molar refractivity (Wildman–Crippen MR) is 123 cm³/mol. The van der Waals surface area contributed by atoms with Gasteiger partial charge in [0.1, 0.15) is 6.61 Å². The molecular formula is C27H37NO. The van der Waals surface area contributed by atoms with E-state index < -0.39 is 0 Å². The Balaban J connectivity index is 1.56. The first-order valence-corrected chi connectivity index (χ1v) is 11.6. The molecule has 2 nitrogen and oxygen atoms in total. The molecule has 1 aliphatic carbocycles. The molecule has 3 aliphatic rings. The highest BCUT2D eigenvalue weighted by Crippen LogP contribution is 2.41. The third kappa shape index (κ3) is 4.86. The highest BCUT2D eigenvalue weighted by molar-refractivity contribution is 5.83. The van der Waals surface area contributed by atoms with Crippen molar-refractivity contribution in [3.8, 4) is 0 Å². The lowest BCUT2D eigenvalue weighted by Gasteiger charge is -2.36. The van der Waals surface area contributed by atoms with Crippen LogP contribution in [0.2, 0.25) is 0 Å². The van der Waals surface area contributed by atoms with Crippen molar-refractivity contribution in [2.24, 2.45) is 5.41 Å². The van der Waals surface area contributed by atoms with Crippen molar-refractivity contribution < 1.29 is 4.74 Å². The van der Waals surface area contributed by atoms with Crippen molar-refractivity contribution in [2.75, 3.05) is 19.6 Å². The summed E-state index contributed by atoms with van der Waals surface area (Å²) in [5.74, 6) is 0. The average Bonchev–Trinajstić information content (AvgIpc) is 3.07. The fourth-order valence-corrected chi connectivity index (χ4v) is 5.52. The molecule has 0 radical (unpaired) electrons. The first-order chi connectivity index (χ1) is 14.2. The Morgan fingerprint density at radius 3 is 2.62 bits per heavy atom. The largest absolute Gasteiger partial charge is 0.496 e. The maximum absolute atomic E-state index is 5.98. The summed E-state index contributed by atoms with van der Waals surface area (Å²) in [4.78, 5) is 2.73. The van der Waals surface area contributed by atoms with E-state index in [4.69, 9.17) is 4.74 Å². The van der Waals surface area contributed by atoms with Crippen LogP contribution in [-0.2, 0) is 11.3 Å². The van der Waals surface area contributed by atoms with Crippen molar-refractivity contribution in [2.45, 2.75) is 71.8 Å². The molecule has 1 saturated heterocycles. The standard InChI is InChI=1S/C27H37NO/c1-3-4-5-11-24-20-29-19-23-10-6-7-12-25(23)26(24)22-13-17-28(18-14-22)21-27(2)15-8-9-16-27/h3-4,6-7,10,12,20H,5,8-9,11,13-19,21H2,1-2H3/b4-3-. The zero-order valence-corrected chi connectivity index (χ0v) is 18.4. The third-order valence-electron chi connectivity index (χ3n) is 7.12. The van der Waals surface area contributed by atoms with Crippen molar-refractivity contribution in [1.29, 1.82) is 0 Å². The number of ether oxygens (including phenoxy) is 1. The molecule has 1 aromatic rings. The van der Waals surface area contributed by atoms with Crippen LogP contribution in [0.4, 0.5) is 0 Å². The Morgan fingerprint density at radius 1 is 1.10 bits per heavy atom. The highest BCUT2D eigenvalue weighted by Gasteiger charge is 2.32. The Labute approximate surface area is 177 Å². The van der Waals surface area contributed by atoms with Crippen LogP contribution in [0, 0.1) is 5.41 Å². The summed E-state index contributed by atoms with van der Waals surface area (Å²) < 4.78 is 5.98. The number of likely N-dealkylation sites (tertiary alicyclic amines) is 1. The van der Waals surface area contributed by atoms with E-state index in [1.807, 2.05) is 0 Å². The lowest BCUT2D eigenvalue weighted by Crippen LogP contribution is -2.38. The number of hydrogen-bond acceptors (Lipinski definition) is 2. The Hall–Kier alpha value is -1.80. The molecule has 2 aliphatic heterocycles. The molecule has 0 amide bonds. The molecule has 156 valence electrons. The van der Waals surface area contributed by atoms with E-state index in [9.17, 15) is 0 Å². The molecular weight excluding hydrogens is 354 g/mol.